The number of benzene rings is 2. The van der Waals surface area contributed by atoms with Crippen LogP contribution in [0.5, 0.6) is 5.75 Å². The van der Waals surface area contributed by atoms with Crippen LogP contribution in [0.4, 0.5) is 13.2 Å². The number of hydrogen-bond acceptors (Lipinski definition) is 2. The second-order valence-electron chi connectivity index (χ2n) is 7.60. The van der Waals surface area contributed by atoms with Crippen LogP contribution < -0.4 is 4.74 Å². The van der Waals surface area contributed by atoms with Gasteiger partial charge in [-0.25, -0.2) is 0 Å². The Morgan fingerprint density at radius 3 is 2.45 bits per heavy atom. The highest BCUT2D eigenvalue weighted by molar-refractivity contribution is 6.00. The molecule has 162 valence electrons. The van der Waals surface area contributed by atoms with E-state index in [-0.39, 0.29) is 12.5 Å². The predicted octanol–water partition coefficient (Wildman–Crippen LogP) is 5.51. The average molecular weight is 428 g/mol. The van der Waals surface area contributed by atoms with Gasteiger partial charge in [-0.1, -0.05) is 30.9 Å². The number of alkyl halides is 3. The monoisotopic (exact) mass is 428 g/mol. The Labute approximate surface area is 178 Å². The summed E-state index contributed by atoms with van der Waals surface area (Å²) in [6.45, 7) is 5.70. The molecule has 3 aromatic rings. The van der Waals surface area contributed by atoms with Crippen molar-refractivity contribution in [2.45, 2.75) is 25.6 Å². The van der Waals surface area contributed by atoms with E-state index in [2.05, 4.69) is 6.58 Å². The van der Waals surface area contributed by atoms with E-state index < -0.39 is 11.7 Å². The molecule has 1 aliphatic heterocycles. The predicted molar refractivity (Wildman–Crippen MR) is 113 cm³/mol. The maximum absolute atomic E-state index is 13.2. The van der Waals surface area contributed by atoms with Gasteiger partial charge in [-0.15, -0.1) is 0 Å². The fourth-order valence-corrected chi connectivity index (χ4v) is 3.94. The largest absolute Gasteiger partial charge is 0.489 e. The van der Waals surface area contributed by atoms with Gasteiger partial charge in [0.15, 0.2) is 0 Å². The molecule has 4 rings (SSSR count). The number of fused-ring (bicyclic) bond motifs is 1. The molecule has 0 N–H and O–H groups in total. The molecule has 1 aromatic heterocycles. The average Bonchev–Trinajstić information content (AvgIpc) is 3.40. The number of amides is 1. The Bertz CT molecular complexity index is 1090. The van der Waals surface area contributed by atoms with Gasteiger partial charge in [-0.3, -0.25) is 4.79 Å². The first-order valence-electron chi connectivity index (χ1n) is 10.2. The first-order chi connectivity index (χ1) is 14.9. The number of carbonyl (C=O) groups excluding carboxylic acids is 1. The zero-order chi connectivity index (χ0) is 22.0. The maximum atomic E-state index is 13.2. The third kappa shape index (κ3) is 4.31. The lowest BCUT2D eigenvalue weighted by molar-refractivity contribution is -0.137. The van der Waals surface area contributed by atoms with Gasteiger partial charge in [0.05, 0.1) is 11.1 Å². The van der Waals surface area contributed by atoms with E-state index >= 15 is 0 Å². The molecular weight excluding hydrogens is 405 g/mol. The fourth-order valence-electron chi connectivity index (χ4n) is 3.94. The topological polar surface area (TPSA) is 34.5 Å². The molecule has 1 aliphatic rings. The first kappa shape index (κ1) is 21.0. The second kappa shape index (κ2) is 8.49. The Balaban J connectivity index is 1.76. The summed E-state index contributed by atoms with van der Waals surface area (Å²) in [6, 6.07) is 12.4. The fraction of sp³-hybridized carbons (Fsp3) is 0.292. The van der Waals surface area contributed by atoms with Crippen LogP contribution >= 0.6 is 0 Å². The number of halogens is 3. The number of nitrogens with zero attached hydrogens (tertiary/aromatic N) is 2. The lowest BCUT2D eigenvalue weighted by Gasteiger charge is -2.18. The van der Waals surface area contributed by atoms with Crippen LogP contribution in [-0.4, -0.2) is 35.1 Å². The number of rotatable bonds is 6. The molecule has 0 unspecified atom stereocenters. The molecular formula is C24H23F3N2O2. The van der Waals surface area contributed by atoms with Crippen molar-refractivity contribution in [3.63, 3.8) is 0 Å². The summed E-state index contributed by atoms with van der Waals surface area (Å²) in [4.78, 5) is 15.1. The van der Waals surface area contributed by atoms with Crippen molar-refractivity contribution in [1.29, 1.82) is 0 Å². The van der Waals surface area contributed by atoms with Crippen LogP contribution in [0.3, 0.4) is 0 Å². The number of likely N-dealkylation sites (tertiary alicyclic amines) is 1. The van der Waals surface area contributed by atoms with Crippen LogP contribution in [-0.2, 0) is 12.7 Å². The van der Waals surface area contributed by atoms with Crippen molar-refractivity contribution in [1.82, 2.24) is 9.47 Å². The molecule has 31 heavy (non-hydrogen) atoms. The number of aromatic nitrogens is 1. The number of ether oxygens (including phenoxy) is 1. The minimum absolute atomic E-state index is 0.0738. The number of carbonyl (C=O) groups is 1. The van der Waals surface area contributed by atoms with Gasteiger partial charge < -0.3 is 14.2 Å². The third-order valence-corrected chi connectivity index (χ3v) is 5.50. The molecule has 4 nitrogen and oxygen atoms in total. The van der Waals surface area contributed by atoms with Gasteiger partial charge in [-0.05, 0) is 48.7 Å². The maximum Gasteiger partial charge on any atom is 0.416 e. The normalized spacial score (nSPS) is 14.2. The van der Waals surface area contributed by atoms with Gasteiger partial charge in [0.2, 0.25) is 0 Å². The molecule has 7 heteroatoms. The van der Waals surface area contributed by atoms with E-state index in [9.17, 15) is 18.0 Å². The minimum Gasteiger partial charge on any atom is -0.489 e. The van der Waals surface area contributed by atoms with Crippen LogP contribution in [0, 0.1) is 0 Å². The van der Waals surface area contributed by atoms with E-state index in [0.717, 1.165) is 35.9 Å². The SMILES string of the molecule is C=CCOc1cccc2c1cc(C(=O)N1CCCC1)n2Cc1ccc(C(F)(F)F)cc1. The third-order valence-electron chi connectivity index (χ3n) is 5.50. The molecule has 1 saturated heterocycles. The van der Waals surface area contributed by atoms with Crippen LogP contribution in [0.2, 0.25) is 0 Å². The Kier molecular flexibility index (Phi) is 5.76. The van der Waals surface area contributed by atoms with Crippen LogP contribution in [0.15, 0.2) is 61.2 Å². The van der Waals surface area contributed by atoms with Crippen LogP contribution in [0.1, 0.15) is 34.5 Å². The van der Waals surface area contributed by atoms with E-state index in [4.69, 9.17) is 4.74 Å². The van der Waals surface area contributed by atoms with Crippen LogP contribution in [0.25, 0.3) is 10.9 Å². The summed E-state index contributed by atoms with van der Waals surface area (Å²) in [7, 11) is 0. The molecule has 0 spiro atoms. The molecule has 1 fully saturated rings. The summed E-state index contributed by atoms with van der Waals surface area (Å²) in [5.41, 5.74) is 1.29. The van der Waals surface area contributed by atoms with Crippen molar-refractivity contribution in [2.24, 2.45) is 0 Å². The molecule has 0 saturated carbocycles. The van der Waals surface area contributed by atoms with Crippen molar-refractivity contribution < 1.29 is 22.7 Å². The summed E-state index contributed by atoms with van der Waals surface area (Å²) in [5, 5.41) is 0.791. The van der Waals surface area contributed by atoms with Gasteiger partial charge in [0.25, 0.3) is 5.91 Å². The molecule has 1 amide bonds. The Morgan fingerprint density at radius 1 is 1.10 bits per heavy atom. The molecule has 0 aliphatic carbocycles. The van der Waals surface area contributed by atoms with Gasteiger partial charge in [0, 0.05) is 25.0 Å². The van der Waals surface area contributed by atoms with Crippen molar-refractivity contribution in [3.05, 3.63) is 78.0 Å². The molecule has 0 bridgehead atoms. The minimum atomic E-state index is -4.38. The highest BCUT2D eigenvalue weighted by Gasteiger charge is 2.30. The van der Waals surface area contributed by atoms with E-state index in [1.165, 1.54) is 12.1 Å². The van der Waals surface area contributed by atoms with Crippen molar-refractivity contribution >= 4 is 16.8 Å². The zero-order valence-corrected chi connectivity index (χ0v) is 17.0. The standard InChI is InChI=1S/C24H23F3N2O2/c1-2-14-31-22-7-5-6-20-19(22)15-21(23(30)28-12-3-4-13-28)29(20)16-17-8-10-18(11-9-17)24(25,26)27/h2,5-11,15H,1,3-4,12-14,16H2. The lowest BCUT2D eigenvalue weighted by atomic mass is 10.1. The van der Waals surface area contributed by atoms with Gasteiger partial charge >= 0.3 is 6.18 Å². The molecule has 2 heterocycles. The number of hydrogen-bond donors (Lipinski definition) is 0. The van der Waals surface area contributed by atoms with E-state index in [1.807, 2.05) is 33.7 Å². The second-order valence-corrected chi connectivity index (χ2v) is 7.60. The zero-order valence-electron chi connectivity index (χ0n) is 17.0. The summed E-state index contributed by atoms with van der Waals surface area (Å²) >= 11 is 0. The highest BCUT2D eigenvalue weighted by Crippen LogP contribution is 2.32. The molecule has 2 aromatic carbocycles. The van der Waals surface area contributed by atoms with Crippen molar-refractivity contribution in [2.75, 3.05) is 19.7 Å². The first-order valence-corrected chi connectivity index (χ1v) is 10.2. The summed E-state index contributed by atoms with van der Waals surface area (Å²) in [5.74, 6) is 0.564. The smallest absolute Gasteiger partial charge is 0.416 e. The lowest BCUT2D eigenvalue weighted by Crippen LogP contribution is -2.29. The summed E-state index contributed by atoms with van der Waals surface area (Å²) < 4.78 is 46.4. The van der Waals surface area contributed by atoms with Crippen molar-refractivity contribution in [3.8, 4) is 5.75 Å². The Hall–Kier alpha value is -3.22. The van der Waals surface area contributed by atoms with Gasteiger partial charge in [0.1, 0.15) is 18.1 Å². The highest BCUT2D eigenvalue weighted by atomic mass is 19.4. The van der Waals surface area contributed by atoms with E-state index in [1.54, 1.807) is 6.08 Å². The quantitative estimate of drug-likeness (QED) is 0.485. The molecule has 0 atom stereocenters. The van der Waals surface area contributed by atoms with Gasteiger partial charge in [-0.2, -0.15) is 13.2 Å². The molecule has 0 radical (unpaired) electrons. The Morgan fingerprint density at radius 2 is 1.81 bits per heavy atom. The summed E-state index contributed by atoms with van der Waals surface area (Å²) in [6.07, 6.45) is -0.793. The van der Waals surface area contributed by atoms with E-state index in [0.29, 0.717) is 36.7 Å².